The minimum absolute atomic E-state index is 0.0336. The topological polar surface area (TPSA) is 105 Å². The van der Waals surface area contributed by atoms with E-state index >= 15 is 0 Å². The molecule has 0 heterocycles. The number of hydrogen-bond donors (Lipinski definition) is 3. The highest BCUT2D eigenvalue weighted by molar-refractivity contribution is 5.87. The lowest BCUT2D eigenvalue weighted by Crippen LogP contribution is -2.50. The summed E-state index contributed by atoms with van der Waals surface area (Å²) in [5.41, 5.74) is 3.84. The molecule has 0 aliphatic heterocycles. The van der Waals surface area contributed by atoms with Crippen molar-refractivity contribution in [1.82, 2.24) is 10.6 Å². The van der Waals surface area contributed by atoms with Gasteiger partial charge in [0.1, 0.15) is 6.61 Å². The molecule has 1 fully saturated rings. The van der Waals surface area contributed by atoms with E-state index in [-0.39, 0.29) is 31.5 Å². The lowest BCUT2D eigenvalue weighted by atomic mass is 9.70. The van der Waals surface area contributed by atoms with E-state index in [2.05, 4.69) is 47.7 Å². The molecule has 3 N–H and O–H groups in total. The number of rotatable bonds is 6. The van der Waals surface area contributed by atoms with Crippen LogP contribution >= 0.6 is 0 Å². The van der Waals surface area contributed by atoms with E-state index in [1.165, 1.54) is 0 Å². The predicted octanol–water partition coefficient (Wildman–Crippen LogP) is 3.93. The van der Waals surface area contributed by atoms with Crippen molar-refractivity contribution in [2.75, 3.05) is 19.7 Å². The molecule has 0 spiro atoms. The number of carbonyl (C=O) groups excluding carboxylic acids is 2. The first-order valence-corrected chi connectivity index (χ1v) is 12.0. The van der Waals surface area contributed by atoms with Crippen LogP contribution in [0.1, 0.15) is 49.7 Å². The zero-order valence-electron chi connectivity index (χ0n) is 19.8. The molecule has 7 heteroatoms. The van der Waals surface area contributed by atoms with Gasteiger partial charge in [0, 0.05) is 18.4 Å². The maximum Gasteiger partial charge on any atom is 0.407 e. The Hall–Kier alpha value is -3.79. The third-order valence-corrected chi connectivity index (χ3v) is 7.16. The molecule has 2 aliphatic carbocycles. The van der Waals surface area contributed by atoms with E-state index in [1.54, 1.807) is 0 Å². The third kappa shape index (κ3) is 5.48. The van der Waals surface area contributed by atoms with Gasteiger partial charge < -0.3 is 20.5 Å². The van der Waals surface area contributed by atoms with Gasteiger partial charge in [0.2, 0.25) is 5.91 Å². The van der Waals surface area contributed by atoms with Crippen LogP contribution in [-0.4, -0.2) is 42.8 Å². The summed E-state index contributed by atoms with van der Waals surface area (Å²) in [7, 11) is 0. The van der Waals surface area contributed by atoms with Gasteiger partial charge in [-0.3, -0.25) is 4.79 Å². The number of fused-ring (bicyclic) bond motifs is 3. The van der Waals surface area contributed by atoms with Gasteiger partial charge >= 0.3 is 12.1 Å². The second kappa shape index (κ2) is 10.6. The van der Waals surface area contributed by atoms with Crippen molar-refractivity contribution in [1.29, 1.82) is 0 Å². The number of carboxylic acid groups (broad SMARTS) is 1. The summed E-state index contributed by atoms with van der Waals surface area (Å²) in [6, 6.07) is 16.3. The number of nitrogens with one attached hydrogen (secondary N) is 2. The molecule has 0 radical (unpaired) electrons. The lowest BCUT2D eigenvalue weighted by molar-refractivity contribution is -0.133. The number of amides is 2. The molecule has 35 heavy (non-hydrogen) atoms. The summed E-state index contributed by atoms with van der Waals surface area (Å²) in [5.74, 6) is 3.43. The molecule has 0 bridgehead atoms. The van der Waals surface area contributed by atoms with Gasteiger partial charge in [-0.1, -0.05) is 61.4 Å². The van der Waals surface area contributed by atoms with Gasteiger partial charge in [-0.05, 0) is 53.9 Å². The minimum Gasteiger partial charge on any atom is -0.472 e. The fourth-order valence-corrected chi connectivity index (χ4v) is 5.12. The van der Waals surface area contributed by atoms with Crippen molar-refractivity contribution in [3.63, 3.8) is 0 Å². The quantitative estimate of drug-likeness (QED) is 0.551. The summed E-state index contributed by atoms with van der Waals surface area (Å²) in [4.78, 5) is 36.3. The molecule has 0 aromatic heterocycles. The van der Waals surface area contributed by atoms with Crippen LogP contribution in [0, 0.1) is 23.2 Å². The summed E-state index contributed by atoms with van der Waals surface area (Å²) < 4.78 is 5.63. The van der Waals surface area contributed by atoms with E-state index < -0.39 is 17.5 Å². The molecule has 182 valence electrons. The molecule has 4 rings (SSSR count). The predicted molar refractivity (Wildman–Crippen MR) is 132 cm³/mol. The van der Waals surface area contributed by atoms with E-state index in [9.17, 15) is 14.4 Å². The Morgan fingerprint density at radius 1 is 1.00 bits per heavy atom. The maximum absolute atomic E-state index is 13.0. The first-order valence-electron chi connectivity index (χ1n) is 12.0. The second-order valence-electron chi connectivity index (χ2n) is 9.43. The molecule has 2 aromatic carbocycles. The number of carboxylic acids is 1. The van der Waals surface area contributed by atoms with Gasteiger partial charge in [-0.2, -0.15) is 0 Å². The van der Waals surface area contributed by atoms with Gasteiger partial charge in [0.25, 0.3) is 0 Å². The Morgan fingerprint density at radius 2 is 1.60 bits per heavy atom. The molecule has 2 aromatic rings. The summed E-state index contributed by atoms with van der Waals surface area (Å²) in [6.45, 7) is 2.47. The van der Waals surface area contributed by atoms with Crippen molar-refractivity contribution >= 4 is 18.0 Å². The average molecular weight is 475 g/mol. The van der Waals surface area contributed by atoms with Crippen LogP contribution in [0.2, 0.25) is 0 Å². The molecule has 7 nitrogen and oxygen atoms in total. The Kier molecular flexibility index (Phi) is 7.40. The van der Waals surface area contributed by atoms with Crippen molar-refractivity contribution in [2.24, 2.45) is 11.3 Å². The highest BCUT2D eigenvalue weighted by atomic mass is 16.5. The number of alkyl carbamates (subject to hydrolysis) is 1. The number of benzene rings is 2. The van der Waals surface area contributed by atoms with Crippen LogP contribution in [0.3, 0.4) is 0 Å². The van der Waals surface area contributed by atoms with E-state index in [4.69, 9.17) is 9.84 Å². The molecule has 0 unspecified atom stereocenters. The number of ether oxygens (including phenoxy) is 1. The third-order valence-electron chi connectivity index (χ3n) is 7.16. The lowest BCUT2D eigenvalue weighted by Gasteiger charge is -2.38. The second-order valence-corrected chi connectivity index (χ2v) is 9.43. The number of hydrogen-bond acceptors (Lipinski definition) is 4. The first-order chi connectivity index (χ1) is 16.9. The molecule has 2 aliphatic rings. The summed E-state index contributed by atoms with van der Waals surface area (Å²) in [6.07, 6.45) is 2.47. The van der Waals surface area contributed by atoms with Gasteiger partial charge in [0.05, 0.1) is 12.0 Å². The number of carbonyl (C=O) groups is 3. The van der Waals surface area contributed by atoms with Gasteiger partial charge in [-0.15, -0.1) is 0 Å². The van der Waals surface area contributed by atoms with Crippen molar-refractivity contribution in [2.45, 2.75) is 38.5 Å². The Balaban J connectivity index is 1.37. The standard InChI is InChI=1S/C28H30N2O5/c1-19-12-14-28(15-13-19,26(33)29-16-6-11-25(31)32)18-30-27(34)35-17-24-22-9-4-2-7-20(22)21-8-3-5-10-23(21)24/h2-5,7-10,19,24H,12-18H2,1H3,(H,29,33)(H,30,34)(H,31,32). The molecular weight excluding hydrogens is 444 g/mol. The molecular formula is C28H30N2O5. The average Bonchev–Trinajstić information content (AvgIpc) is 3.18. The minimum atomic E-state index is -1.24. The number of aliphatic carboxylic acids is 1. The fraction of sp³-hybridized carbons (Fsp3) is 0.393. The zero-order chi connectivity index (χ0) is 24.8. The molecule has 1 saturated carbocycles. The van der Waals surface area contributed by atoms with Crippen LogP contribution < -0.4 is 10.6 Å². The van der Waals surface area contributed by atoms with Crippen LogP contribution in [0.25, 0.3) is 11.1 Å². The van der Waals surface area contributed by atoms with E-state index in [0.29, 0.717) is 18.8 Å². The molecule has 0 saturated heterocycles. The Bertz CT molecular complexity index is 1130. The summed E-state index contributed by atoms with van der Waals surface area (Å²) in [5, 5.41) is 14.2. The van der Waals surface area contributed by atoms with Crippen molar-refractivity contribution in [3.05, 3.63) is 59.7 Å². The summed E-state index contributed by atoms with van der Waals surface area (Å²) >= 11 is 0. The van der Waals surface area contributed by atoms with Crippen molar-refractivity contribution in [3.8, 4) is 23.0 Å². The maximum atomic E-state index is 13.0. The van der Waals surface area contributed by atoms with E-state index in [1.807, 2.05) is 30.2 Å². The normalized spacial score (nSPS) is 20.5. The van der Waals surface area contributed by atoms with Crippen LogP contribution in [0.5, 0.6) is 0 Å². The van der Waals surface area contributed by atoms with Gasteiger partial charge in [-0.25, -0.2) is 9.59 Å². The Morgan fingerprint density at radius 3 is 2.20 bits per heavy atom. The molecule has 0 atom stereocenters. The highest BCUT2D eigenvalue weighted by Gasteiger charge is 2.41. The zero-order valence-corrected chi connectivity index (χ0v) is 19.8. The van der Waals surface area contributed by atoms with Crippen LogP contribution in [-0.2, 0) is 14.3 Å². The van der Waals surface area contributed by atoms with E-state index in [0.717, 1.165) is 35.1 Å². The first kappa shape index (κ1) is 24.3. The highest BCUT2D eigenvalue weighted by Crippen LogP contribution is 2.44. The van der Waals surface area contributed by atoms with Crippen molar-refractivity contribution < 1.29 is 24.2 Å². The Labute approximate surface area is 205 Å². The fourth-order valence-electron chi connectivity index (χ4n) is 5.12. The SMILES string of the molecule is CC1CCC(CNC(=O)OCC2c3ccccc3-c3ccccc32)(C(=O)NCC#CC(=O)O)CC1. The van der Waals surface area contributed by atoms with Gasteiger partial charge in [0.15, 0.2) is 0 Å². The monoisotopic (exact) mass is 474 g/mol. The van der Waals surface area contributed by atoms with Crippen LogP contribution in [0.15, 0.2) is 48.5 Å². The van der Waals surface area contributed by atoms with Crippen LogP contribution in [0.4, 0.5) is 4.79 Å². The molecule has 2 amide bonds. The largest absolute Gasteiger partial charge is 0.472 e. The smallest absolute Gasteiger partial charge is 0.407 e.